The highest BCUT2D eigenvalue weighted by Crippen LogP contribution is 2.19. The maximum atomic E-state index is 6.09. The zero-order valence-electron chi connectivity index (χ0n) is 9.37. The quantitative estimate of drug-likeness (QED) is 0.849. The van der Waals surface area contributed by atoms with Crippen molar-refractivity contribution in [1.82, 2.24) is 4.98 Å². The van der Waals surface area contributed by atoms with Gasteiger partial charge in [-0.05, 0) is 46.6 Å². The second-order valence-corrected chi connectivity index (χ2v) is 4.93. The van der Waals surface area contributed by atoms with Crippen LogP contribution in [0.4, 0.5) is 5.69 Å². The SMILES string of the molecule is Cc1nc(Br)ccc1NCc1ccccc1Cl. The lowest BCUT2D eigenvalue weighted by Crippen LogP contribution is -2.02. The number of nitrogens with one attached hydrogen (secondary N) is 1. The van der Waals surface area contributed by atoms with Crippen LogP contribution in [-0.4, -0.2) is 4.98 Å². The first-order valence-electron chi connectivity index (χ1n) is 5.27. The molecule has 0 unspecified atom stereocenters. The van der Waals surface area contributed by atoms with Crippen molar-refractivity contribution in [3.8, 4) is 0 Å². The lowest BCUT2D eigenvalue weighted by atomic mass is 10.2. The van der Waals surface area contributed by atoms with Crippen LogP contribution in [0, 0.1) is 6.92 Å². The number of anilines is 1. The third-order valence-electron chi connectivity index (χ3n) is 2.48. The summed E-state index contributed by atoms with van der Waals surface area (Å²) in [5, 5.41) is 4.11. The van der Waals surface area contributed by atoms with E-state index in [1.165, 1.54) is 0 Å². The first-order chi connectivity index (χ1) is 8.16. The summed E-state index contributed by atoms with van der Waals surface area (Å²) in [6, 6.07) is 11.7. The van der Waals surface area contributed by atoms with Crippen molar-refractivity contribution in [2.75, 3.05) is 5.32 Å². The molecule has 4 heteroatoms. The van der Waals surface area contributed by atoms with Gasteiger partial charge in [-0.25, -0.2) is 4.98 Å². The Bertz CT molecular complexity index is 529. The molecule has 1 aromatic carbocycles. The Kier molecular flexibility index (Phi) is 4.02. The number of halogens is 2. The van der Waals surface area contributed by atoms with E-state index in [-0.39, 0.29) is 0 Å². The molecule has 0 saturated heterocycles. The molecule has 1 heterocycles. The van der Waals surface area contributed by atoms with Crippen LogP contribution in [0.2, 0.25) is 5.02 Å². The minimum atomic E-state index is 0.698. The molecule has 0 fully saturated rings. The van der Waals surface area contributed by atoms with Gasteiger partial charge in [0.1, 0.15) is 4.60 Å². The molecule has 0 amide bonds. The largest absolute Gasteiger partial charge is 0.379 e. The van der Waals surface area contributed by atoms with Crippen molar-refractivity contribution in [2.45, 2.75) is 13.5 Å². The van der Waals surface area contributed by atoms with Crippen LogP contribution in [0.15, 0.2) is 41.0 Å². The molecule has 1 N–H and O–H groups in total. The van der Waals surface area contributed by atoms with Gasteiger partial charge in [-0.15, -0.1) is 0 Å². The molecule has 0 spiro atoms. The molecule has 2 rings (SSSR count). The summed E-state index contributed by atoms with van der Waals surface area (Å²) in [4.78, 5) is 4.33. The molecule has 0 saturated carbocycles. The summed E-state index contributed by atoms with van der Waals surface area (Å²) < 4.78 is 0.846. The number of hydrogen-bond acceptors (Lipinski definition) is 2. The second-order valence-electron chi connectivity index (χ2n) is 3.71. The van der Waals surface area contributed by atoms with E-state index in [2.05, 4.69) is 26.2 Å². The standard InChI is InChI=1S/C13H12BrClN2/c1-9-12(6-7-13(14)17-9)16-8-10-4-2-3-5-11(10)15/h2-7,16H,8H2,1H3. The Hall–Kier alpha value is -1.06. The summed E-state index contributed by atoms with van der Waals surface area (Å²) in [5.41, 5.74) is 3.07. The van der Waals surface area contributed by atoms with Gasteiger partial charge in [0.15, 0.2) is 0 Å². The molecule has 0 atom stereocenters. The van der Waals surface area contributed by atoms with Gasteiger partial charge in [0.05, 0.1) is 11.4 Å². The molecule has 0 aliphatic carbocycles. The fourth-order valence-corrected chi connectivity index (χ4v) is 2.15. The molecule has 0 aliphatic heterocycles. The molecule has 0 bridgehead atoms. The minimum Gasteiger partial charge on any atom is -0.379 e. The van der Waals surface area contributed by atoms with Gasteiger partial charge in [-0.1, -0.05) is 29.8 Å². The highest BCUT2D eigenvalue weighted by molar-refractivity contribution is 9.10. The highest BCUT2D eigenvalue weighted by Gasteiger charge is 2.02. The lowest BCUT2D eigenvalue weighted by Gasteiger charge is -2.10. The van der Waals surface area contributed by atoms with Crippen molar-refractivity contribution in [2.24, 2.45) is 0 Å². The monoisotopic (exact) mass is 310 g/mol. The zero-order chi connectivity index (χ0) is 12.3. The number of aryl methyl sites for hydroxylation is 1. The average Bonchev–Trinajstić information content (AvgIpc) is 2.30. The Morgan fingerprint density at radius 3 is 2.71 bits per heavy atom. The molecule has 88 valence electrons. The van der Waals surface area contributed by atoms with E-state index in [9.17, 15) is 0 Å². The second kappa shape index (κ2) is 5.52. The molecule has 0 aliphatic rings. The Labute approximate surface area is 114 Å². The van der Waals surface area contributed by atoms with E-state index in [4.69, 9.17) is 11.6 Å². The molecule has 17 heavy (non-hydrogen) atoms. The van der Waals surface area contributed by atoms with Crippen LogP contribution >= 0.6 is 27.5 Å². The van der Waals surface area contributed by atoms with Gasteiger partial charge >= 0.3 is 0 Å². The topological polar surface area (TPSA) is 24.9 Å². The summed E-state index contributed by atoms with van der Waals surface area (Å²) in [6.07, 6.45) is 0. The average molecular weight is 312 g/mol. The molecule has 2 nitrogen and oxygen atoms in total. The zero-order valence-corrected chi connectivity index (χ0v) is 11.7. The first-order valence-corrected chi connectivity index (χ1v) is 6.44. The minimum absolute atomic E-state index is 0.698. The first kappa shape index (κ1) is 12.4. The number of benzene rings is 1. The van der Waals surface area contributed by atoms with E-state index < -0.39 is 0 Å². The number of rotatable bonds is 3. The molecular formula is C13H12BrClN2. The van der Waals surface area contributed by atoms with E-state index in [0.717, 1.165) is 26.6 Å². The molecule has 1 aromatic heterocycles. The van der Waals surface area contributed by atoms with Gasteiger partial charge in [-0.3, -0.25) is 0 Å². The van der Waals surface area contributed by atoms with Gasteiger partial charge in [-0.2, -0.15) is 0 Å². The molecule has 2 aromatic rings. The van der Waals surface area contributed by atoms with E-state index in [0.29, 0.717) is 6.54 Å². The third kappa shape index (κ3) is 3.20. The van der Waals surface area contributed by atoms with Gasteiger partial charge < -0.3 is 5.32 Å². The third-order valence-corrected chi connectivity index (χ3v) is 3.29. The predicted octanol–water partition coefficient (Wildman–Crippen LogP) is 4.42. The number of hydrogen-bond donors (Lipinski definition) is 1. The van der Waals surface area contributed by atoms with Crippen molar-refractivity contribution >= 4 is 33.2 Å². The molecular weight excluding hydrogens is 300 g/mol. The Morgan fingerprint density at radius 1 is 1.24 bits per heavy atom. The van der Waals surface area contributed by atoms with E-state index in [1.54, 1.807) is 0 Å². The summed E-state index contributed by atoms with van der Waals surface area (Å²) in [7, 11) is 0. The lowest BCUT2D eigenvalue weighted by molar-refractivity contribution is 1.10. The van der Waals surface area contributed by atoms with E-state index >= 15 is 0 Å². The van der Waals surface area contributed by atoms with Gasteiger partial charge in [0.2, 0.25) is 0 Å². The van der Waals surface area contributed by atoms with Gasteiger partial charge in [0, 0.05) is 11.6 Å². The summed E-state index contributed by atoms with van der Waals surface area (Å²) in [5.74, 6) is 0. The number of nitrogens with zero attached hydrogens (tertiary/aromatic N) is 1. The summed E-state index contributed by atoms with van der Waals surface area (Å²) >= 11 is 9.44. The van der Waals surface area contributed by atoms with Crippen LogP contribution in [0.25, 0.3) is 0 Å². The van der Waals surface area contributed by atoms with Crippen LogP contribution < -0.4 is 5.32 Å². The van der Waals surface area contributed by atoms with Crippen LogP contribution in [0.3, 0.4) is 0 Å². The smallest absolute Gasteiger partial charge is 0.106 e. The normalized spacial score (nSPS) is 10.3. The molecule has 0 radical (unpaired) electrons. The number of pyridine rings is 1. The Morgan fingerprint density at radius 2 is 2.00 bits per heavy atom. The fraction of sp³-hybridized carbons (Fsp3) is 0.154. The van der Waals surface area contributed by atoms with Crippen LogP contribution in [0.5, 0.6) is 0 Å². The highest BCUT2D eigenvalue weighted by atomic mass is 79.9. The van der Waals surface area contributed by atoms with Crippen molar-refractivity contribution in [3.05, 3.63) is 57.3 Å². The van der Waals surface area contributed by atoms with E-state index in [1.807, 2.05) is 43.3 Å². The van der Waals surface area contributed by atoms with Crippen molar-refractivity contribution in [1.29, 1.82) is 0 Å². The van der Waals surface area contributed by atoms with Crippen LogP contribution in [0.1, 0.15) is 11.3 Å². The summed E-state index contributed by atoms with van der Waals surface area (Å²) in [6.45, 7) is 2.67. The van der Waals surface area contributed by atoms with Crippen molar-refractivity contribution < 1.29 is 0 Å². The maximum absolute atomic E-state index is 6.09. The Balaban J connectivity index is 2.10. The van der Waals surface area contributed by atoms with Crippen LogP contribution in [-0.2, 0) is 6.54 Å². The predicted molar refractivity (Wildman–Crippen MR) is 75.5 cm³/mol. The van der Waals surface area contributed by atoms with Crippen molar-refractivity contribution in [3.63, 3.8) is 0 Å². The van der Waals surface area contributed by atoms with Gasteiger partial charge in [0.25, 0.3) is 0 Å². The fourth-order valence-electron chi connectivity index (χ4n) is 1.55. The number of aromatic nitrogens is 1. The maximum Gasteiger partial charge on any atom is 0.106 e.